The van der Waals surface area contributed by atoms with Crippen LogP contribution < -0.4 is 63.2 Å². The summed E-state index contributed by atoms with van der Waals surface area (Å²) in [5, 5.41) is 38.0. The molecule has 6 rings (SSSR count). The van der Waals surface area contributed by atoms with Crippen LogP contribution in [0, 0.1) is 0 Å². The third kappa shape index (κ3) is 17.7. The van der Waals surface area contributed by atoms with Crippen molar-refractivity contribution in [2.45, 2.75) is 121 Å². The number of carbonyl (C=O) groups excluding carboxylic acids is 8. The number of aliphatic imine (C=N–C) groups is 1. The van der Waals surface area contributed by atoms with E-state index in [9.17, 15) is 58.2 Å². The van der Waals surface area contributed by atoms with Gasteiger partial charge in [-0.2, -0.15) is 0 Å². The van der Waals surface area contributed by atoms with Crippen LogP contribution in [0.5, 0.6) is 11.5 Å². The summed E-state index contributed by atoms with van der Waals surface area (Å²) in [6.45, 7) is 2.72. The molecule has 13 N–H and O–H groups in total. The maximum absolute atomic E-state index is 14.4. The molecule has 6 atom stereocenters. The number of amides is 6. The Kier molecular flexibility index (Phi) is 24.3. The molecule has 0 saturated heterocycles. The van der Waals surface area contributed by atoms with Crippen molar-refractivity contribution in [1.82, 2.24) is 37.2 Å². The molecule has 468 valence electrons. The van der Waals surface area contributed by atoms with Crippen LogP contribution in [0.2, 0.25) is 0 Å². The highest BCUT2D eigenvalue weighted by Crippen LogP contribution is 2.57. The molecule has 87 heavy (non-hydrogen) atoms. The number of guanidine groups is 1. The number of carboxylic acid groups (broad SMARTS) is 2. The van der Waals surface area contributed by atoms with Gasteiger partial charge in [0.1, 0.15) is 47.5 Å². The predicted octanol–water partition coefficient (Wildman–Crippen LogP) is 2.18. The molecule has 0 bridgehead atoms. The number of nitrogens with one attached hydrogen (secondary N) is 7. The Labute approximate surface area is 504 Å². The van der Waals surface area contributed by atoms with E-state index in [0.717, 1.165) is 11.4 Å². The van der Waals surface area contributed by atoms with E-state index in [0.29, 0.717) is 33.8 Å². The first-order valence-corrected chi connectivity index (χ1v) is 28.0. The van der Waals surface area contributed by atoms with Gasteiger partial charge in [0, 0.05) is 106 Å². The molecular formula is C61H80N12O14. The molecule has 3 unspecified atom stereocenters. The van der Waals surface area contributed by atoms with Gasteiger partial charge in [-0.25, -0.2) is 9.59 Å². The maximum Gasteiger partial charge on any atom is 0.340 e. The zero-order valence-electron chi connectivity index (χ0n) is 49.1. The Morgan fingerprint density at radius 3 is 1.76 bits per heavy atom. The molecule has 1 spiro atoms. The van der Waals surface area contributed by atoms with E-state index in [-0.39, 0.29) is 88.3 Å². The van der Waals surface area contributed by atoms with Gasteiger partial charge >= 0.3 is 17.9 Å². The fourth-order valence-electron chi connectivity index (χ4n) is 9.91. The van der Waals surface area contributed by atoms with Gasteiger partial charge in [0.2, 0.25) is 29.5 Å². The van der Waals surface area contributed by atoms with Gasteiger partial charge in [0.05, 0.1) is 11.6 Å². The Morgan fingerprint density at radius 2 is 1.20 bits per heavy atom. The number of rotatable bonds is 31. The average molecular weight is 1210 g/mol. The quantitative estimate of drug-likeness (QED) is 0.0149. The summed E-state index contributed by atoms with van der Waals surface area (Å²) in [7, 11) is 9.03. The topological polar surface area (TPSA) is 385 Å². The van der Waals surface area contributed by atoms with Crippen molar-refractivity contribution in [3.63, 3.8) is 0 Å². The molecule has 2 aliphatic rings. The number of aliphatic carboxylic acids is 2. The minimum Gasteiger partial charge on any atom is -0.481 e. The smallest absolute Gasteiger partial charge is 0.340 e. The summed E-state index contributed by atoms with van der Waals surface area (Å²) in [4.78, 5) is 140. The number of ketones is 1. The highest BCUT2D eigenvalue weighted by Gasteiger charge is 2.54. The van der Waals surface area contributed by atoms with Crippen molar-refractivity contribution in [3.05, 3.63) is 118 Å². The summed E-state index contributed by atoms with van der Waals surface area (Å²) in [5.41, 5.74) is 13.9. The number of fused-ring (bicyclic) bond motifs is 6. The summed E-state index contributed by atoms with van der Waals surface area (Å²) in [6, 6.07) is 16.1. The standard InChI is InChI=1S/C60H76N12O14.CH4/c1-33(73)28-46(63-3)55(80)66-34(2)51(76)67-44(24-25-50(74)75)54(79)70-47(29-35-14-9-8-10-15-35)56(81)68-43(17-13-27-65-59(61)62)53(78)69-45(57(82)83)16-11-12-26-64-52(77)36-18-21-39-42(30-36)60(86-58(39)84)40-22-19-37(71(4)5)31-48(40)85-49-32-38(72(6)7)20-23-41(49)60;/h8-10,14-15,18-23,30-32,34,43-47,63H,11-13,16-17,24-29H2,1-7H3,(H,64,77)(H,66,80)(H,67,76)(H,68,81)(H,69,78)(H,70,79)(H,74,75)(H,82,83)(H4,61,62,65);1H4/t34-,43?,44?,45-,46?,47-;/m0./s1. The monoisotopic (exact) mass is 1200 g/mol. The minimum atomic E-state index is -1.55. The van der Waals surface area contributed by atoms with Crippen LogP contribution in [0.1, 0.15) is 116 Å². The number of hydrogen-bond donors (Lipinski definition) is 11. The first kappa shape index (κ1) is 68.2. The van der Waals surface area contributed by atoms with Crippen molar-refractivity contribution in [1.29, 1.82) is 0 Å². The molecular weight excluding hydrogens is 1120 g/mol. The number of likely N-dealkylation sites (N-methyl/N-ethyl adjacent to an activating group) is 1. The Hall–Kier alpha value is -9.59. The second kappa shape index (κ2) is 31.0. The largest absolute Gasteiger partial charge is 0.481 e. The molecule has 0 aromatic heterocycles. The summed E-state index contributed by atoms with van der Waals surface area (Å²) < 4.78 is 12.8. The lowest BCUT2D eigenvalue weighted by Crippen LogP contribution is -2.59. The molecule has 2 heterocycles. The Bertz CT molecular complexity index is 3170. The third-order valence-corrected chi connectivity index (χ3v) is 14.6. The van der Waals surface area contributed by atoms with Gasteiger partial charge in [-0.05, 0) is 107 Å². The van der Waals surface area contributed by atoms with Gasteiger partial charge in [-0.15, -0.1) is 0 Å². The molecule has 0 radical (unpaired) electrons. The van der Waals surface area contributed by atoms with Crippen LogP contribution in [0.3, 0.4) is 0 Å². The fraction of sp³-hybridized carbons (Fsp3) is 0.426. The van der Waals surface area contributed by atoms with Gasteiger partial charge in [0.15, 0.2) is 11.6 Å². The Morgan fingerprint density at radius 1 is 0.644 bits per heavy atom. The van der Waals surface area contributed by atoms with Gasteiger partial charge < -0.3 is 78.2 Å². The highest BCUT2D eigenvalue weighted by molar-refractivity contribution is 6.01. The first-order valence-electron chi connectivity index (χ1n) is 28.0. The van der Waals surface area contributed by atoms with E-state index >= 15 is 0 Å². The number of esters is 1. The number of carbonyl (C=O) groups is 10. The molecule has 6 amide bonds. The average Bonchev–Trinajstić information content (AvgIpc) is 1.65. The van der Waals surface area contributed by atoms with E-state index in [1.807, 2.05) is 74.4 Å². The lowest BCUT2D eigenvalue weighted by Gasteiger charge is -2.37. The molecule has 4 aromatic rings. The number of hydrogen-bond acceptors (Lipinski definition) is 16. The van der Waals surface area contributed by atoms with E-state index in [1.54, 1.807) is 42.5 Å². The molecule has 0 fully saturated rings. The van der Waals surface area contributed by atoms with E-state index in [4.69, 9.17) is 20.9 Å². The zero-order valence-corrected chi connectivity index (χ0v) is 49.1. The van der Waals surface area contributed by atoms with Crippen LogP contribution in [0.25, 0.3) is 0 Å². The number of carboxylic acids is 2. The third-order valence-electron chi connectivity index (χ3n) is 14.6. The van der Waals surface area contributed by atoms with Crippen molar-refractivity contribution < 1.29 is 67.6 Å². The number of benzene rings is 4. The van der Waals surface area contributed by atoms with Crippen LogP contribution in [-0.2, 0) is 55.1 Å². The SMILES string of the molecule is C.CNC(CC(C)=O)C(=O)N[C@@H](C)C(=O)NC(CCC(=O)O)C(=O)N[C@@H](Cc1ccccc1)C(=O)NC(CCCN=C(N)N)C(=O)N[C@@H](CCCCNC(=O)c1ccc2c(c1)C1(OC2=O)c2ccc(N(C)C)cc2Oc2cc(N(C)C)ccc21)C(=O)O. The molecule has 0 saturated carbocycles. The van der Waals surface area contributed by atoms with E-state index < -0.39 is 108 Å². The van der Waals surface area contributed by atoms with Crippen LogP contribution in [0.4, 0.5) is 11.4 Å². The summed E-state index contributed by atoms with van der Waals surface area (Å²) in [5.74, 6) is -7.70. The highest BCUT2D eigenvalue weighted by atomic mass is 16.6. The molecule has 4 aromatic carbocycles. The minimum absolute atomic E-state index is 0. The number of nitrogens with zero attached hydrogens (tertiary/aromatic N) is 3. The van der Waals surface area contributed by atoms with E-state index in [1.165, 1.54) is 27.0 Å². The van der Waals surface area contributed by atoms with Gasteiger partial charge in [-0.1, -0.05) is 37.8 Å². The second-order valence-corrected chi connectivity index (χ2v) is 21.5. The summed E-state index contributed by atoms with van der Waals surface area (Å²) >= 11 is 0. The van der Waals surface area contributed by atoms with Crippen LogP contribution in [-0.4, -0.2) is 160 Å². The van der Waals surface area contributed by atoms with Gasteiger partial charge in [-0.3, -0.25) is 43.3 Å². The van der Waals surface area contributed by atoms with Crippen LogP contribution in [0.15, 0.2) is 89.9 Å². The molecule has 0 aliphatic carbocycles. The lowest BCUT2D eigenvalue weighted by molar-refractivity contribution is -0.142. The zero-order chi connectivity index (χ0) is 63.0. The summed E-state index contributed by atoms with van der Waals surface area (Å²) in [6.07, 6.45) is -1.02. The lowest BCUT2D eigenvalue weighted by atomic mass is 9.77. The second-order valence-electron chi connectivity index (χ2n) is 21.5. The van der Waals surface area contributed by atoms with E-state index in [2.05, 4.69) is 42.2 Å². The molecule has 26 heteroatoms. The molecule has 26 nitrogen and oxygen atoms in total. The fourth-order valence-corrected chi connectivity index (χ4v) is 9.91. The van der Waals surface area contributed by atoms with Gasteiger partial charge in [0.25, 0.3) is 5.91 Å². The van der Waals surface area contributed by atoms with Crippen molar-refractivity contribution in [2.75, 3.05) is 58.1 Å². The first-order chi connectivity index (χ1) is 40.8. The maximum atomic E-state index is 14.4. The van der Waals surface area contributed by atoms with Crippen molar-refractivity contribution >= 4 is 76.5 Å². The number of nitrogens with two attached hydrogens (primary N) is 2. The predicted molar refractivity (Wildman–Crippen MR) is 324 cm³/mol. The normalized spacial score (nSPS) is 14.3. The van der Waals surface area contributed by atoms with Crippen molar-refractivity contribution in [2.24, 2.45) is 16.5 Å². The van der Waals surface area contributed by atoms with Crippen molar-refractivity contribution in [3.8, 4) is 11.5 Å². The number of unbranched alkanes of at least 4 members (excludes halogenated alkanes) is 1. The number of anilines is 2. The van der Waals surface area contributed by atoms with Crippen LogP contribution >= 0.6 is 0 Å². The number of Topliss-reactive ketones (excluding diaryl/α,β-unsaturated/α-hetero) is 1. The Balaban J connectivity index is 0.0000138. The number of ether oxygens (including phenoxy) is 2. The molecule has 2 aliphatic heterocycles.